The van der Waals surface area contributed by atoms with Gasteiger partial charge >= 0.3 is 0 Å². The van der Waals surface area contributed by atoms with Gasteiger partial charge in [0, 0.05) is 35.7 Å². The Kier molecular flexibility index (Phi) is 7.12. The van der Waals surface area contributed by atoms with E-state index in [0.29, 0.717) is 32.8 Å². The van der Waals surface area contributed by atoms with Crippen LogP contribution in [0.1, 0.15) is 16.8 Å². The fraction of sp³-hybridized carbons (Fsp3) is 0.222. The minimum atomic E-state index is -0.296. The van der Waals surface area contributed by atoms with E-state index in [1.54, 1.807) is 36.4 Å². The van der Waals surface area contributed by atoms with Gasteiger partial charge in [0.05, 0.1) is 24.9 Å². The van der Waals surface area contributed by atoms with Gasteiger partial charge in [-0.1, -0.05) is 23.2 Å². The van der Waals surface area contributed by atoms with E-state index in [4.69, 9.17) is 32.7 Å². The molecule has 0 spiro atoms. The van der Waals surface area contributed by atoms with Crippen molar-refractivity contribution >= 4 is 40.7 Å². The molecule has 2 aromatic rings. The Morgan fingerprint density at radius 1 is 1.00 bits per heavy atom. The average Bonchev–Trinajstić information content (AvgIpc) is 2.63. The van der Waals surface area contributed by atoms with Crippen molar-refractivity contribution in [3.8, 4) is 11.5 Å². The zero-order valence-electron chi connectivity index (χ0n) is 14.3. The summed E-state index contributed by atoms with van der Waals surface area (Å²) in [4.78, 5) is 24.0. The van der Waals surface area contributed by atoms with Crippen LogP contribution in [0.2, 0.25) is 10.0 Å². The van der Waals surface area contributed by atoms with Crippen LogP contribution in [0.15, 0.2) is 36.4 Å². The van der Waals surface area contributed by atoms with Gasteiger partial charge < -0.3 is 20.1 Å². The minimum absolute atomic E-state index is 0.0873. The normalized spacial score (nSPS) is 10.2. The fourth-order valence-electron chi connectivity index (χ4n) is 2.16. The number of ether oxygens (including phenoxy) is 2. The monoisotopic (exact) mass is 396 g/mol. The van der Waals surface area contributed by atoms with Crippen molar-refractivity contribution in [2.75, 3.05) is 26.1 Å². The summed E-state index contributed by atoms with van der Waals surface area (Å²) in [7, 11) is 2.99. The van der Waals surface area contributed by atoms with Gasteiger partial charge in [-0.15, -0.1) is 0 Å². The molecule has 0 unspecified atom stereocenters. The summed E-state index contributed by atoms with van der Waals surface area (Å²) >= 11 is 11.9. The lowest BCUT2D eigenvalue weighted by Crippen LogP contribution is -2.27. The van der Waals surface area contributed by atoms with Crippen LogP contribution < -0.4 is 20.1 Å². The second kappa shape index (κ2) is 9.31. The molecule has 0 saturated heterocycles. The number of halogens is 2. The van der Waals surface area contributed by atoms with Crippen molar-refractivity contribution in [3.63, 3.8) is 0 Å². The summed E-state index contributed by atoms with van der Waals surface area (Å²) in [6.07, 6.45) is 0.0873. The van der Waals surface area contributed by atoms with Gasteiger partial charge in [-0.2, -0.15) is 0 Å². The zero-order valence-corrected chi connectivity index (χ0v) is 15.8. The lowest BCUT2D eigenvalue weighted by atomic mass is 10.2. The number of carbonyl (C=O) groups excluding carboxylic acids is 2. The Hall–Kier alpha value is -2.44. The first-order valence-corrected chi connectivity index (χ1v) is 8.45. The number of amides is 2. The molecule has 26 heavy (non-hydrogen) atoms. The molecule has 0 heterocycles. The van der Waals surface area contributed by atoms with E-state index in [9.17, 15) is 9.59 Å². The van der Waals surface area contributed by atoms with Gasteiger partial charge in [0.25, 0.3) is 5.91 Å². The number of nitrogens with one attached hydrogen (secondary N) is 2. The summed E-state index contributed by atoms with van der Waals surface area (Å²) in [5.41, 5.74) is 0.871. The molecule has 2 amide bonds. The number of benzene rings is 2. The van der Waals surface area contributed by atoms with Crippen molar-refractivity contribution in [1.29, 1.82) is 0 Å². The number of rotatable bonds is 7. The third-order valence-electron chi connectivity index (χ3n) is 3.49. The summed E-state index contributed by atoms with van der Waals surface area (Å²) in [6.45, 7) is 0.179. The van der Waals surface area contributed by atoms with Gasteiger partial charge in [-0.25, -0.2) is 0 Å². The molecule has 0 bridgehead atoms. The van der Waals surface area contributed by atoms with Crippen LogP contribution in [0, 0.1) is 0 Å². The fourth-order valence-corrected chi connectivity index (χ4v) is 2.48. The van der Waals surface area contributed by atoms with E-state index in [0.717, 1.165) is 0 Å². The Morgan fingerprint density at radius 2 is 1.62 bits per heavy atom. The zero-order chi connectivity index (χ0) is 19.1. The topological polar surface area (TPSA) is 76.7 Å². The molecule has 0 aliphatic rings. The molecule has 0 fully saturated rings. The van der Waals surface area contributed by atoms with Crippen LogP contribution >= 0.6 is 23.2 Å². The molecule has 138 valence electrons. The highest BCUT2D eigenvalue weighted by Crippen LogP contribution is 2.36. The van der Waals surface area contributed by atoms with Crippen molar-refractivity contribution in [3.05, 3.63) is 52.0 Å². The molecule has 0 atom stereocenters. The smallest absolute Gasteiger partial charge is 0.251 e. The molecular weight excluding hydrogens is 379 g/mol. The second-order valence-electron chi connectivity index (χ2n) is 5.25. The summed E-state index contributed by atoms with van der Waals surface area (Å²) in [5.74, 6) is 0.336. The predicted molar refractivity (Wildman–Crippen MR) is 102 cm³/mol. The third-order valence-corrected chi connectivity index (χ3v) is 4.06. The number of hydrogen-bond acceptors (Lipinski definition) is 4. The molecule has 0 aliphatic carbocycles. The first-order valence-electron chi connectivity index (χ1n) is 7.69. The molecule has 8 heteroatoms. The highest BCUT2D eigenvalue weighted by molar-refractivity contribution is 6.34. The number of methoxy groups -OCH3 is 2. The molecule has 2 aromatic carbocycles. The van der Waals surface area contributed by atoms with E-state index in [2.05, 4.69) is 10.6 Å². The summed E-state index contributed by atoms with van der Waals surface area (Å²) in [5, 5.41) is 6.22. The van der Waals surface area contributed by atoms with Crippen LogP contribution in [-0.4, -0.2) is 32.6 Å². The van der Waals surface area contributed by atoms with E-state index >= 15 is 0 Å². The molecule has 0 radical (unpaired) electrons. The number of hydrogen-bond donors (Lipinski definition) is 2. The van der Waals surface area contributed by atoms with Crippen LogP contribution in [0.3, 0.4) is 0 Å². The first kappa shape index (κ1) is 19.9. The van der Waals surface area contributed by atoms with Crippen LogP contribution in [-0.2, 0) is 4.79 Å². The Labute approximate surface area is 161 Å². The van der Waals surface area contributed by atoms with E-state index in [-0.39, 0.29) is 24.8 Å². The number of anilines is 1. The SMILES string of the molecule is COc1cc(Cl)c(NC(=O)CCNC(=O)c2ccc(Cl)cc2)cc1OC. The maximum absolute atomic E-state index is 12.1. The summed E-state index contributed by atoms with van der Waals surface area (Å²) in [6, 6.07) is 9.61. The minimum Gasteiger partial charge on any atom is -0.493 e. The Bertz CT molecular complexity index is 795. The molecule has 6 nitrogen and oxygen atoms in total. The Balaban J connectivity index is 1.89. The molecule has 0 aliphatic heterocycles. The maximum atomic E-state index is 12.1. The second-order valence-corrected chi connectivity index (χ2v) is 6.09. The highest BCUT2D eigenvalue weighted by atomic mass is 35.5. The molecule has 2 N–H and O–H groups in total. The van der Waals surface area contributed by atoms with Crippen LogP contribution in [0.25, 0.3) is 0 Å². The quantitative estimate of drug-likeness (QED) is 0.746. The largest absolute Gasteiger partial charge is 0.493 e. The van der Waals surface area contributed by atoms with E-state index < -0.39 is 0 Å². The van der Waals surface area contributed by atoms with E-state index in [1.807, 2.05) is 0 Å². The molecule has 0 aromatic heterocycles. The molecule has 0 saturated carbocycles. The van der Waals surface area contributed by atoms with Gasteiger partial charge in [-0.05, 0) is 24.3 Å². The van der Waals surface area contributed by atoms with Gasteiger partial charge in [0.15, 0.2) is 11.5 Å². The Morgan fingerprint density at radius 3 is 2.23 bits per heavy atom. The van der Waals surface area contributed by atoms with Gasteiger partial charge in [-0.3, -0.25) is 9.59 Å². The standard InChI is InChI=1S/C18H18Cl2N2O4/c1-25-15-9-13(20)14(10-16(15)26-2)22-17(23)7-8-21-18(24)11-3-5-12(19)6-4-11/h3-6,9-10H,7-8H2,1-2H3,(H,21,24)(H,22,23). The van der Waals surface area contributed by atoms with E-state index in [1.165, 1.54) is 14.2 Å². The van der Waals surface area contributed by atoms with Crippen molar-refractivity contribution < 1.29 is 19.1 Å². The average molecular weight is 397 g/mol. The number of carbonyl (C=O) groups is 2. The maximum Gasteiger partial charge on any atom is 0.251 e. The lowest BCUT2D eigenvalue weighted by Gasteiger charge is -2.13. The van der Waals surface area contributed by atoms with Crippen molar-refractivity contribution in [2.45, 2.75) is 6.42 Å². The third kappa shape index (κ3) is 5.28. The molecular formula is C18H18Cl2N2O4. The predicted octanol–water partition coefficient (Wildman–Crippen LogP) is 3.77. The lowest BCUT2D eigenvalue weighted by molar-refractivity contribution is -0.116. The van der Waals surface area contributed by atoms with Crippen molar-refractivity contribution in [2.24, 2.45) is 0 Å². The summed E-state index contributed by atoms with van der Waals surface area (Å²) < 4.78 is 10.3. The van der Waals surface area contributed by atoms with Gasteiger partial charge in [0.1, 0.15) is 0 Å². The highest BCUT2D eigenvalue weighted by Gasteiger charge is 2.13. The van der Waals surface area contributed by atoms with Crippen molar-refractivity contribution in [1.82, 2.24) is 5.32 Å². The van der Waals surface area contributed by atoms with Gasteiger partial charge in [0.2, 0.25) is 5.91 Å². The first-order chi connectivity index (χ1) is 12.4. The van der Waals surface area contributed by atoms with Crippen LogP contribution in [0.4, 0.5) is 5.69 Å². The molecule has 2 rings (SSSR count). The van der Waals surface area contributed by atoms with Crippen LogP contribution in [0.5, 0.6) is 11.5 Å².